The summed E-state index contributed by atoms with van der Waals surface area (Å²) in [6, 6.07) is 28.1. The predicted octanol–water partition coefficient (Wildman–Crippen LogP) is 4.53. The van der Waals surface area contributed by atoms with Gasteiger partial charge in [-0.05, 0) is 29.8 Å². The lowest BCUT2D eigenvalue weighted by molar-refractivity contribution is 0.593. The van der Waals surface area contributed by atoms with Gasteiger partial charge in [-0.3, -0.25) is 4.57 Å². The Balaban J connectivity index is 1.68. The number of rotatable bonds is 7. The first kappa shape index (κ1) is 19.4. The monoisotopic (exact) mass is 421 g/mol. The predicted molar refractivity (Wildman–Crippen MR) is 115 cm³/mol. The molecule has 0 aliphatic carbocycles. The number of hydrogen-bond donors (Lipinski definition) is 0. The number of hydrogen-bond acceptors (Lipinski definition) is 5. The van der Waals surface area contributed by atoms with Crippen molar-refractivity contribution >= 4 is 21.6 Å². The molecule has 0 saturated heterocycles. The van der Waals surface area contributed by atoms with Gasteiger partial charge in [-0.25, -0.2) is 8.42 Å². The third-order valence-electron chi connectivity index (χ3n) is 4.35. The van der Waals surface area contributed by atoms with E-state index >= 15 is 0 Å². The van der Waals surface area contributed by atoms with Crippen LogP contribution in [0.25, 0.3) is 5.69 Å². The molecule has 146 valence electrons. The molecule has 5 nitrogen and oxygen atoms in total. The highest BCUT2D eigenvalue weighted by molar-refractivity contribution is 7.98. The fourth-order valence-corrected chi connectivity index (χ4v) is 5.12. The van der Waals surface area contributed by atoms with Gasteiger partial charge < -0.3 is 0 Å². The molecule has 4 aromatic rings. The van der Waals surface area contributed by atoms with Gasteiger partial charge in [0.05, 0.1) is 4.90 Å². The molecule has 1 aromatic heterocycles. The zero-order valence-electron chi connectivity index (χ0n) is 15.5. The summed E-state index contributed by atoms with van der Waals surface area (Å²) in [5.74, 6) is 0.901. The van der Waals surface area contributed by atoms with Crippen LogP contribution < -0.4 is 0 Å². The van der Waals surface area contributed by atoms with Crippen LogP contribution in [0.15, 0.2) is 101 Å². The number of sulfone groups is 1. The second-order valence-electron chi connectivity index (χ2n) is 6.42. The fourth-order valence-electron chi connectivity index (χ4n) is 2.93. The Morgan fingerprint density at radius 1 is 0.759 bits per heavy atom. The lowest BCUT2D eigenvalue weighted by Crippen LogP contribution is -2.11. The van der Waals surface area contributed by atoms with E-state index in [4.69, 9.17) is 0 Å². The molecule has 1 heterocycles. The number of nitrogens with zero attached hydrogens (tertiary/aromatic N) is 3. The summed E-state index contributed by atoms with van der Waals surface area (Å²) in [6.45, 7) is 0. The molecule has 0 atom stereocenters. The largest absolute Gasteiger partial charge is 0.273 e. The van der Waals surface area contributed by atoms with Crippen LogP contribution in [0.4, 0.5) is 0 Å². The second kappa shape index (κ2) is 8.63. The summed E-state index contributed by atoms with van der Waals surface area (Å²) < 4.78 is 27.6. The van der Waals surface area contributed by atoms with Crippen LogP contribution >= 0.6 is 11.8 Å². The molecule has 0 bridgehead atoms. The average molecular weight is 422 g/mol. The molecule has 0 radical (unpaired) electrons. The Hall–Kier alpha value is -2.90. The Morgan fingerprint density at radius 3 is 2.00 bits per heavy atom. The quantitative estimate of drug-likeness (QED) is 0.410. The number of para-hydroxylation sites is 1. The highest BCUT2D eigenvalue weighted by Crippen LogP contribution is 2.27. The van der Waals surface area contributed by atoms with Crippen molar-refractivity contribution < 1.29 is 8.42 Å². The molecule has 4 rings (SSSR count). The molecule has 3 aromatic carbocycles. The average Bonchev–Trinajstić information content (AvgIpc) is 3.16. The molecule has 0 aliphatic rings. The number of benzene rings is 3. The first-order valence-electron chi connectivity index (χ1n) is 9.08. The summed E-state index contributed by atoms with van der Waals surface area (Å²) in [7, 11) is -3.53. The van der Waals surface area contributed by atoms with E-state index in [0.29, 0.717) is 11.0 Å². The smallest absolute Gasteiger partial charge is 0.196 e. The number of thioether (sulfide) groups is 1. The van der Waals surface area contributed by atoms with Gasteiger partial charge in [-0.1, -0.05) is 78.5 Å². The van der Waals surface area contributed by atoms with E-state index in [1.165, 1.54) is 17.3 Å². The highest BCUT2D eigenvalue weighted by Gasteiger charge is 2.22. The van der Waals surface area contributed by atoms with Gasteiger partial charge >= 0.3 is 0 Å². The van der Waals surface area contributed by atoms with E-state index in [0.717, 1.165) is 11.4 Å². The SMILES string of the molecule is O=S(=O)(Cc1nnc(SCc2ccccc2)n1-c1ccccc1)c1ccccc1. The third-order valence-corrected chi connectivity index (χ3v) is 6.98. The Bertz CT molecular complexity index is 1180. The Morgan fingerprint density at radius 2 is 1.34 bits per heavy atom. The van der Waals surface area contributed by atoms with Crippen LogP contribution in [0.5, 0.6) is 0 Å². The third kappa shape index (κ3) is 4.58. The van der Waals surface area contributed by atoms with Crippen LogP contribution in [0.3, 0.4) is 0 Å². The maximum atomic E-state index is 12.9. The minimum Gasteiger partial charge on any atom is -0.273 e. The van der Waals surface area contributed by atoms with Gasteiger partial charge in [0.25, 0.3) is 0 Å². The van der Waals surface area contributed by atoms with E-state index in [9.17, 15) is 8.42 Å². The molecule has 7 heteroatoms. The Kier molecular flexibility index (Phi) is 5.78. The minimum atomic E-state index is -3.53. The van der Waals surface area contributed by atoms with Crippen LogP contribution in [0.1, 0.15) is 11.4 Å². The van der Waals surface area contributed by atoms with Crippen molar-refractivity contribution in [1.82, 2.24) is 14.8 Å². The van der Waals surface area contributed by atoms with Crippen molar-refractivity contribution in [3.8, 4) is 5.69 Å². The van der Waals surface area contributed by atoms with Crippen LogP contribution in [-0.4, -0.2) is 23.2 Å². The van der Waals surface area contributed by atoms with Crippen LogP contribution in [-0.2, 0) is 21.3 Å². The zero-order chi connectivity index (χ0) is 20.1. The molecule has 0 spiro atoms. The first-order valence-corrected chi connectivity index (χ1v) is 11.7. The molecular weight excluding hydrogens is 402 g/mol. The second-order valence-corrected chi connectivity index (χ2v) is 9.35. The van der Waals surface area contributed by atoms with Gasteiger partial charge in [0.2, 0.25) is 0 Å². The van der Waals surface area contributed by atoms with Crippen molar-refractivity contribution in [2.45, 2.75) is 21.6 Å². The molecule has 0 aliphatic heterocycles. The topological polar surface area (TPSA) is 64.8 Å². The first-order chi connectivity index (χ1) is 14.1. The van der Waals surface area contributed by atoms with Crippen molar-refractivity contribution in [3.05, 3.63) is 102 Å². The fraction of sp³-hybridized carbons (Fsp3) is 0.0909. The lowest BCUT2D eigenvalue weighted by atomic mass is 10.2. The molecule has 29 heavy (non-hydrogen) atoms. The molecule has 0 N–H and O–H groups in total. The Labute approximate surface area is 174 Å². The number of aromatic nitrogens is 3. The summed E-state index contributed by atoms with van der Waals surface area (Å²) in [5, 5.41) is 9.19. The van der Waals surface area contributed by atoms with Gasteiger partial charge in [-0.15, -0.1) is 10.2 Å². The molecule has 0 fully saturated rings. The summed E-state index contributed by atoms with van der Waals surface area (Å²) in [5.41, 5.74) is 2.00. The molecule has 0 unspecified atom stereocenters. The van der Waals surface area contributed by atoms with Crippen LogP contribution in [0, 0.1) is 0 Å². The van der Waals surface area contributed by atoms with E-state index in [-0.39, 0.29) is 10.6 Å². The van der Waals surface area contributed by atoms with Gasteiger partial charge in [0, 0.05) is 11.4 Å². The zero-order valence-corrected chi connectivity index (χ0v) is 17.2. The van der Waals surface area contributed by atoms with Crippen molar-refractivity contribution in [3.63, 3.8) is 0 Å². The lowest BCUT2D eigenvalue weighted by Gasteiger charge is -2.11. The molecule has 0 saturated carbocycles. The molecular formula is C22H19N3O2S2. The maximum absolute atomic E-state index is 12.9. The van der Waals surface area contributed by atoms with E-state index in [1.54, 1.807) is 30.3 Å². The summed E-state index contributed by atoms with van der Waals surface area (Å²) in [4.78, 5) is 0.279. The van der Waals surface area contributed by atoms with E-state index in [1.807, 2.05) is 53.1 Å². The molecule has 0 amide bonds. The summed E-state index contributed by atoms with van der Waals surface area (Å²) in [6.07, 6.45) is 0. The minimum absolute atomic E-state index is 0.217. The normalized spacial score (nSPS) is 11.4. The maximum Gasteiger partial charge on any atom is 0.196 e. The highest BCUT2D eigenvalue weighted by atomic mass is 32.2. The van der Waals surface area contributed by atoms with Gasteiger partial charge in [0.15, 0.2) is 20.8 Å². The van der Waals surface area contributed by atoms with Gasteiger partial charge in [-0.2, -0.15) is 0 Å². The van der Waals surface area contributed by atoms with Gasteiger partial charge in [0.1, 0.15) is 5.75 Å². The van der Waals surface area contributed by atoms with Crippen molar-refractivity contribution in [2.24, 2.45) is 0 Å². The van der Waals surface area contributed by atoms with Crippen molar-refractivity contribution in [2.75, 3.05) is 0 Å². The van der Waals surface area contributed by atoms with Crippen LogP contribution in [0.2, 0.25) is 0 Å². The van der Waals surface area contributed by atoms with E-state index < -0.39 is 9.84 Å². The van der Waals surface area contributed by atoms with Crippen molar-refractivity contribution in [1.29, 1.82) is 0 Å². The van der Waals surface area contributed by atoms with E-state index in [2.05, 4.69) is 22.3 Å². The summed E-state index contributed by atoms with van der Waals surface area (Å²) >= 11 is 1.53. The standard InChI is InChI=1S/C22H19N3O2S2/c26-29(27,20-14-8-3-9-15-20)17-21-23-24-22(25(21)19-12-6-2-7-13-19)28-16-18-10-4-1-5-11-18/h1-15H,16-17H2.